The van der Waals surface area contributed by atoms with E-state index in [0.717, 1.165) is 5.56 Å². The first-order valence-corrected chi connectivity index (χ1v) is 9.88. The summed E-state index contributed by atoms with van der Waals surface area (Å²) in [5, 5.41) is 13.4. The van der Waals surface area contributed by atoms with Gasteiger partial charge in [0.25, 0.3) is 0 Å². The van der Waals surface area contributed by atoms with Crippen LogP contribution in [-0.4, -0.2) is 38.2 Å². The summed E-state index contributed by atoms with van der Waals surface area (Å²) in [6.07, 6.45) is 0.137. The van der Waals surface area contributed by atoms with Crippen molar-refractivity contribution in [1.29, 1.82) is 0 Å². The summed E-state index contributed by atoms with van der Waals surface area (Å²) in [7, 11) is 4.31. The van der Waals surface area contributed by atoms with Crippen LogP contribution in [0.2, 0.25) is 0 Å². The number of methoxy groups -OCH3 is 3. The number of carbonyl (C=O) groups is 2. The van der Waals surface area contributed by atoms with E-state index in [9.17, 15) is 14.7 Å². The van der Waals surface area contributed by atoms with E-state index < -0.39 is 5.97 Å². The van der Waals surface area contributed by atoms with Crippen LogP contribution in [0.4, 0.5) is 0 Å². The van der Waals surface area contributed by atoms with E-state index in [1.807, 2.05) is 12.3 Å². The summed E-state index contributed by atoms with van der Waals surface area (Å²) >= 11 is 1.39. The molecule has 7 heteroatoms. The van der Waals surface area contributed by atoms with E-state index in [1.165, 1.54) is 32.7 Å². The van der Waals surface area contributed by atoms with E-state index >= 15 is 0 Å². The maximum atomic E-state index is 12.8. The van der Waals surface area contributed by atoms with Gasteiger partial charge in [0.05, 0.1) is 32.5 Å². The number of ether oxygens (including phenoxy) is 3. The number of phenols is 1. The fourth-order valence-corrected chi connectivity index (χ4v) is 4.55. The number of hydrogen-bond donors (Lipinski definition) is 1. The van der Waals surface area contributed by atoms with Crippen LogP contribution in [0.25, 0.3) is 21.2 Å². The van der Waals surface area contributed by atoms with Crippen molar-refractivity contribution in [3.63, 3.8) is 0 Å². The van der Waals surface area contributed by atoms with Crippen LogP contribution < -0.4 is 9.47 Å². The average Bonchev–Trinajstić information content (AvgIpc) is 3.13. The van der Waals surface area contributed by atoms with Gasteiger partial charge in [0.2, 0.25) is 0 Å². The number of carbonyl (C=O) groups excluding carboxylic acids is 2. The van der Waals surface area contributed by atoms with Crippen molar-refractivity contribution in [2.24, 2.45) is 0 Å². The quantitative estimate of drug-likeness (QED) is 0.453. The third-order valence-electron chi connectivity index (χ3n) is 4.84. The topological polar surface area (TPSA) is 82.1 Å². The number of benzene rings is 2. The van der Waals surface area contributed by atoms with Crippen molar-refractivity contribution in [3.8, 4) is 28.4 Å². The molecule has 1 heterocycles. The van der Waals surface area contributed by atoms with Gasteiger partial charge in [-0.2, -0.15) is 0 Å². The van der Waals surface area contributed by atoms with Crippen LogP contribution in [-0.2, 0) is 4.74 Å². The smallest absolute Gasteiger partial charge is 0.339 e. The van der Waals surface area contributed by atoms with E-state index in [0.29, 0.717) is 32.7 Å². The second kappa shape index (κ2) is 8.13. The molecule has 0 aliphatic rings. The van der Waals surface area contributed by atoms with Gasteiger partial charge in [0, 0.05) is 22.1 Å². The van der Waals surface area contributed by atoms with Crippen LogP contribution in [0.5, 0.6) is 17.2 Å². The Balaban J connectivity index is 2.52. The largest absolute Gasteiger partial charge is 0.506 e. The molecule has 152 valence electrons. The minimum atomic E-state index is -0.685. The first-order valence-electron chi connectivity index (χ1n) is 9.00. The van der Waals surface area contributed by atoms with Crippen LogP contribution >= 0.6 is 11.3 Å². The number of phenolic OH excluding ortho intramolecular Hbond substituents is 1. The predicted molar refractivity (Wildman–Crippen MR) is 113 cm³/mol. The van der Waals surface area contributed by atoms with Crippen LogP contribution in [0.3, 0.4) is 0 Å². The number of aryl methyl sites for hydroxylation is 1. The van der Waals surface area contributed by atoms with Gasteiger partial charge < -0.3 is 19.3 Å². The minimum Gasteiger partial charge on any atom is -0.506 e. The maximum Gasteiger partial charge on any atom is 0.339 e. The highest BCUT2D eigenvalue weighted by Crippen LogP contribution is 2.47. The zero-order valence-electron chi connectivity index (χ0n) is 16.9. The molecular formula is C22H22O6S. The Morgan fingerprint density at radius 2 is 1.76 bits per heavy atom. The average molecular weight is 414 g/mol. The SMILES string of the molecule is CCC(=O)c1c(C(=O)OC)c(-c2ccc(OC)c(OC)c2)c2scc(C)c2c1O. The highest BCUT2D eigenvalue weighted by atomic mass is 32.1. The molecule has 1 N–H and O–H groups in total. The fraction of sp³-hybridized carbons (Fsp3) is 0.273. The lowest BCUT2D eigenvalue weighted by molar-refractivity contribution is 0.0597. The molecule has 3 rings (SSSR count). The van der Waals surface area contributed by atoms with E-state index in [1.54, 1.807) is 25.1 Å². The first-order chi connectivity index (χ1) is 13.9. The highest BCUT2D eigenvalue weighted by molar-refractivity contribution is 7.18. The zero-order valence-corrected chi connectivity index (χ0v) is 17.7. The number of rotatable bonds is 6. The molecule has 0 unspecified atom stereocenters. The minimum absolute atomic E-state index is 0.0156. The number of aromatic hydroxyl groups is 1. The van der Waals surface area contributed by atoms with Gasteiger partial charge in [-0.3, -0.25) is 4.79 Å². The number of fused-ring (bicyclic) bond motifs is 1. The third-order valence-corrected chi connectivity index (χ3v) is 5.95. The van der Waals surface area contributed by atoms with Crippen molar-refractivity contribution in [2.45, 2.75) is 20.3 Å². The van der Waals surface area contributed by atoms with Gasteiger partial charge in [-0.05, 0) is 35.6 Å². The lowest BCUT2D eigenvalue weighted by Gasteiger charge is -2.17. The lowest BCUT2D eigenvalue weighted by Crippen LogP contribution is -2.13. The molecule has 2 aromatic carbocycles. The van der Waals surface area contributed by atoms with Gasteiger partial charge in [-0.25, -0.2) is 4.79 Å². The molecule has 0 amide bonds. The predicted octanol–water partition coefficient (Wildman–Crippen LogP) is 4.98. The summed E-state index contributed by atoms with van der Waals surface area (Å²) in [6, 6.07) is 5.26. The van der Waals surface area contributed by atoms with Gasteiger partial charge in [-0.1, -0.05) is 13.0 Å². The van der Waals surface area contributed by atoms with Gasteiger partial charge in [-0.15, -0.1) is 11.3 Å². The monoisotopic (exact) mass is 414 g/mol. The van der Waals surface area contributed by atoms with Gasteiger partial charge in [0.15, 0.2) is 17.3 Å². The summed E-state index contributed by atoms with van der Waals surface area (Å²) in [4.78, 5) is 25.5. The summed E-state index contributed by atoms with van der Waals surface area (Å²) < 4.78 is 16.4. The van der Waals surface area contributed by atoms with Crippen molar-refractivity contribution in [1.82, 2.24) is 0 Å². The van der Waals surface area contributed by atoms with Crippen LogP contribution in [0.15, 0.2) is 23.6 Å². The van der Waals surface area contributed by atoms with Crippen molar-refractivity contribution >= 4 is 33.2 Å². The third kappa shape index (κ3) is 3.31. The van der Waals surface area contributed by atoms with Gasteiger partial charge in [0.1, 0.15) is 5.75 Å². The molecule has 0 bridgehead atoms. The molecule has 29 heavy (non-hydrogen) atoms. The summed E-state index contributed by atoms with van der Waals surface area (Å²) in [5.41, 5.74) is 2.04. The molecule has 0 saturated carbocycles. The Morgan fingerprint density at radius 3 is 2.34 bits per heavy atom. The number of Topliss-reactive ketones (excluding diaryl/α,β-unsaturated/α-hetero) is 1. The molecular weight excluding hydrogens is 392 g/mol. The second-order valence-electron chi connectivity index (χ2n) is 6.43. The van der Waals surface area contributed by atoms with Crippen molar-refractivity contribution in [3.05, 3.63) is 40.3 Å². The summed E-state index contributed by atoms with van der Waals surface area (Å²) in [6.45, 7) is 3.54. The number of esters is 1. The number of thiophene rings is 1. The molecule has 0 fully saturated rings. The molecule has 0 spiro atoms. The van der Waals surface area contributed by atoms with Crippen LogP contribution in [0, 0.1) is 6.92 Å². The summed E-state index contributed by atoms with van der Waals surface area (Å²) in [5.74, 6) is -0.181. The van der Waals surface area contributed by atoms with Gasteiger partial charge >= 0.3 is 5.97 Å². The highest BCUT2D eigenvalue weighted by Gasteiger charge is 2.30. The molecule has 1 aromatic heterocycles. The van der Waals surface area contributed by atoms with Crippen molar-refractivity contribution in [2.75, 3.05) is 21.3 Å². The van der Waals surface area contributed by atoms with Crippen molar-refractivity contribution < 1.29 is 28.9 Å². The Hall–Kier alpha value is -3.06. The van der Waals surface area contributed by atoms with E-state index in [-0.39, 0.29) is 29.1 Å². The molecule has 0 aliphatic heterocycles. The zero-order chi connectivity index (χ0) is 21.3. The molecule has 0 atom stereocenters. The Bertz CT molecular complexity index is 1110. The Kier molecular flexibility index (Phi) is 5.79. The molecule has 0 radical (unpaired) electrons. The Labute approximate surface area is 172 Å². The normalized spacial score (nSPS) is 10.8. The maximum absolute atomic E-state index is 12.8. The molecule has 0 saturated heterocycles. The van der Waals surface area contributed by atoms with E-state index in [2.05, 4.69) is 0 Å². The molecule has 6 nitrogen and oxygen atoms in total. The standard InChI is InChI=1S/C22H22O6S/c1-6-13(23)18-19(22(25)28-5)17(21-16(20(18)24)11(2)10-29-21)12-7-8-14(26-3)15(9-12)27-4/h7-10,24H,6H2,1-5H3. The fourth-order valence-electron chi connectivity index (χ4n) is 3.43. The molecule has 0 aliphatic carbocycles. The lowest BCUT2D eigenvalue weighted by atomic mass is 9.89. The Morgan fingerprint density at radius 1 is 1.07 bits per heavy atom. The second-order valence-corrected chi connectivity index (χ2v) is 7.31. The van der Waals surface area contributed by atoms with E-state index in [4.69, 9.17) is 14.2 Å². The number of hydrogen-bond acceptors (Lipinski definition) is 7. The first kappa shape index (κ1) is 20.7. The molecule has 3 aromatic rings. The van der Waals surface area contributed by atoms with Crippen LogP contribution in [0.1, 0.15) is 39.6 Å². The number of ketones is 1.